The summed E-state index contributed by atoms with van der Waals surface area (Å²) in [6, 6.07) is 16.4. The van der Waals surface area contributed by atoms with Crippen LogP contribution in [-0.4, -0.2) is 4.57 Å². The first-order valence-corrected chi connectivity index (χ1v) is 11.5. The molecule has 5 rings (SSSR count). The van der Waals surface area contributed by atoms with E-state index in [-0.39, 0.29) is 0 Å². The van der Waals surface area contributed by atoms with E-state index in [0.29, 0.717) is 0 Å². The molecule has 1 nitrogen and oxygen atoms in total. The molecule has 3 unspecified atom stereocenters. The number of unbranched alkanes of at least 4 members (excludes halogenated alkanes) is 5. The molecule has 1 fully saturated rings. The number of allylic oxidation sites excluding steroid dienone is 2. The van der Waals surface area contributed by atoms with Gasteiger partial charge >= 0.3 is 0 Å². The molecule has 0 saturated heterocycles. The van der Waals surface area contributed by atoms with E-state index in [1.165, 1.54) is 73.2 Å². The average Bonchev–Trinajstić information content (AvgIpc) is 3.44. The van der Waals surface area contributed by atoms with E-state index in [4.69, 9.17) is 0 Å². The minimum Gasteiger partial charge on any atom is -0.340 e. The number of hydrogen-bond acceptors (Lipinski definition) is 0. The van der Waals surface area contributed by atoms with Crippen molar-refractivity contribution in [1.29, 1.82) is 0 Å². The maximum absolute atomic E-state index is 2.58. The summed E-state index contributed by atoms with van der Waals surface area (Å²) >= 11 is 0. The molecule has 1 aromatic heterocycles. The smallest absolute Gasteiger partial charge is 0.0491 e. The zero-order valence-electron chi connectivity index (χ0n) is 17.2. The van der Waals surface area contributed by atoms with E-state index in [0.717, 1.165) is 24.3 Å². The second-order valence-electron chi connectivity index (χ2n) is 9.10. The first kappa shape index (κ1) is 18.0. The number of rotatable bonds is 8. The van der Waals surface area contributed by atoms with Gasteiger partial charge < -0.3 is 4.57 Å². The van der Waals surface area contributed by atoms with Crippen LogP contribution in [0.2, 0.25) is 0 Å². The van der Waals surface area contributed by atoms with Crippen LogP contribution in [0.3, 0.4) is 0 Å². The van der Waals surface area contributed by atoms with E-state index in [9.17, 15) is 0 Å². The third kappa shape index (κ3) is 3.19. The highest BCUT2D eigenvalue weighted by Gasteiger charge is 2.36. The molecule has 0 radical (unpaired) electrons. The van der Waals surface area contributed by atoms with Crippen LogP contribution in [0.25, 0.3) is 21.8 Å². The summed E-state index contributed by atoms with van der Waals surface area (Å²) in [7, 11) is 0. The van der Waals surface area contributed by atoms with Gasteiger partial charge in [0, 0.05) is 28.4 Å². The Morgan fingerprint density at radius 2 is 1.64 bits per heavy atom. The van der Waals surface area contributed by atoms with Crippen LogP contribution in [0, 0.1) is 11.8 Å². The predicted molar refractivity (Wildman–Crippen MR) is 121 cm³/mol. The minimum atomic E-state index is 0.736. The van der Waals surface area contributed by atoms with Crippen molar-refractivity contribution in [3.8, 4) is 0 Å². The minimum absolute atomic E-state index is 0.736. The van der Waals surface area contributed by atoms with Gasteiger partial charge in [0.15, 0.2) is 0 Å². The summed E-state index contributed by atoms with van der Waals surface area (Å²) in [4.78, 5) is 0. The molecule has 2 aliphatic rings. The Balaban J connectivity index is 1.43. The third-order valence-corrected chi connectivity index (χ3v) is 7.24. The van der Waals surface area contributed by atoms with E-state index >= 15 is 0 Å². The number of nitrogens with zero attached hydrogens (tertiary/aromatic N) is 1. The van der Waals surface area contributed by atoms with Crippen molar-refractivity contribution in [1.82, 2.24) is 4.57 Å². The molecule has 0 N–H and O–H groups in total. The molecule has 1 heteroatoms. The van der Waals surface area contributed by atoms with Crippen molar-refractivity contribution < 1.29 is 0 Å². The van der Waals surface area contributed by atoms with E-state index in [1.54, 1.807) is 5.56 Å². The van der Waals surface area contributed by atoms with Crippen molar-refractivity contribution in [2.45, 2.75) is 70.8 Å². The highest BCUT2D eigenvalue weighted by Crippen LogP contribution is 2.49. The Hall–Kier alpha value is -2.02. The summed E-state index contributed by atoms with van der Waals surface area (Å²) < 4.78 is 2.58. The van der Waals surface area contributed by atoms with Gasteiger partial charge in [-0.3, -0.25) is 0 Å². The van der Waals surface area contributed by atoms with Gasteiger partial charge in [0.1, 0.15) is 0 Å². The fourth-order valence-electron chi connectivity index (χ4n) is 5.76. The molecule has 2 aromatic carbocycles. The summed E-state index contributed by atoms with van der Waals surface area (Å²) in [6.45, 7) is 3.44. The normalized spacial score (nSPS) is 23.4. The lowest BCUT2D eigenvalue weighted by atomic mass is 9.86. The Bertz CT molecular complexity index is 992. The number of para-hydroxylation sites is 1. The Morgan fingerprint density at radius 1 is 0.821 bits per heavy atom. The van der Waals surface area contributed by atoms with Gasteiger partial charge in [0.05, 0.1) is 0 Å². The maximum atomic E-state index is 2.58. The number of fused-ring (bicyclic) bond motifs is 5. The largest absolute Gasteiger partial charge is 0.340 e. The second-order valence-corrected chi connectivity index (χ2v) is 9.10. The molecule has 146 valence electrons. The average molecular weight is 372 g/mol. The lowest BCUT2D eigenvalue weighted by molar-refractivity contribution is 0.571. The molecule has 0 spiro atoms. The molecule has 3 atom stereocenters. The van der Waals surface area contributed by atoms with Gasteiger partial charge in [-0.25, -0.2) is 0 Å². The van der Waals surface area contributed by atoms with Crippen LogP contribution in [0.4, 0.5) is 0 Å². The number of aromatic nitrogens is 1. The quantitative estimate of drug-likeness (QED) is 0.281. The lowest BCUT2D eigenvalue weighted by Gasteiger charge is -2.18. The highest BCUT2D eigenvalue weighted by atomic mass is 15.0. The van der Waals surface area contributed by atoms with Crippen molar-refractivity contribution >= 4 is 21.8 Å². The van der Waals surface area contributed by atoms with Gasteiger partial charge in [0.25, 0.3) is 0 Å². The number of benzene rings is 2. The van der Waals surface area contributed by atoms with Crippen molar-refractivity contribution in [3.63, 3.8) is 0 Å². The van der Waals surface area contributed by atoms with E-state index in [1.807, 2.05) is 0 Å². The van der Waals surface area contributed by atoms with E-state index < -0.39 is 0 Å². The molecular formula is C27H33N. The van der Waals surface area contributed by atoms with Crippen LogP contribution in [0.1, 0.15) is 69.8 Å². The van der Waals surface area contributed by atoms with Crippen molar-refractivity contribution in [2.24, 2.45) is 11.8 Å². The van der Waals surface area contributed by atoms with Crippen LogP contribution >= 0.6 is 0 Å². The standard InChI is InChI=1S/C27H33N/c1-2-3-4-5-6-9-16-28-26-11-8-7-10-23(26)25-19-22(14-15-27(25)28)24-18-20-12-13-21(24)17-20/h7-8,10-15,19-21,24H,2-6,9,16-18H2,1H3. The van der Waals surface area contributed by atoms with Gasteiger partial charge in [-0.15, -0.1) is 0 Å². The van der Waals surface area contributed by atoms with Crippen LogP contribution in [-0.2, 0) is 6.54 Å². The van der Waals surface area contributed by atoms with Crippen LogP contribution in [0.15, 0.2) is 54.6 Å². The van der Waals surface area contributed by atoms with Crippen molar-refractivity contribution in [2.75, 3.05) is 0 Å². The Labute approximate surface area is 169 Å². The molecule has 0 amide bonds. The van der Waals surface area contributed by atoms with Crippen LogP contribution in [0.5, 0.6) is 0 Å². The first-order chi connectivity index (χ1) is 13.8. The molecule has 3 aromatic rings. The molecule has 1 heterocycles. The predicted octanol–water partition coefficient (Wildman–Crippen LogP) is 7.83. The van der Waals surface area contributed by atoms with Gasteiger partial charge in [-0.2, -0.15) is 0 Å². The number of hydrogen-bond donors (Lipinski definition) is 0. The molecular weight excluding hydrogens is 338 g/mol. The monoisotopic (exact) mass is 371 g/mol. The second kappa shape index (κ2) is 7.78. The van der Waals surface area contributed by atoms with Crippen molar-refractivity contribution in [3.05, 3.63) is 60.2 Å². The van der Waals surface area contributed by atoms with Gasteiger partial charge in [-0.1, -0.05) is 75.4 Å². The summed E-state index contributed by atoms with van der Waals surface area (Å²) in [6.07, 6.45) is 15.8. The summed E-state index contributed by atoms with van der Waals surface area (Å²) in [5, 5.41) is 2.90. The maximum Gasteiger partial charge on any atom is 0.0491 e. The molecule has 2 aliphatic carbocycles. The van der Waals surface area contributed by atoms with E-state index in [2.05, 4.69) is 66.1 Å². The lowest BCUT2D eigenvalue weighted by Crippen LogP contribution is -2.05. The third-order valence-electron chi connectivity index (χ3n) is 7.24. The zero-order valence-corrected chi connectivity index (χ0v) is 17.2. The summed E-state index contributed by atoms with van der Waals surface area (Å²) in [5.41, 5.74) is 4.40. The highest BCUT2D eigenvalue weighted by molar-refractivity contribution is 6.08. The Kier molecular flexibility index (Phi) is 5.01. The molecule has 0 aliphatic heterocycles. The Morgan fingerprint density at radius 3 is 2.46 bits per heavy atom. The molecule has 1 saturated carbocycles. The molecule has 28 heavy (non-hydrogen) atoms. The summed E-state index contributed by atoms with van der Waals surface area (Å²) in [5.74, 6) is 2.35. The topological polar surface area (TPSA) is 4.93 Å². The fourth-order valence-corrected chi connectivity index (χ4v) is 5.76. The first-order valence-electron chi connectivity index (χ1n) is 11.5. The molecule has 2 bridgehead atoms. The van der Waals surface area contributed by atoms with Crippen LogP contribution < -0.4 is 0 Å². The SMILES string of the molecule is CCCCCCCCn1c2ccccc2c2cc(C3CC4C=CC3C4)ccc21. The number of aryl methyl sites for hydroxylation is 1. The zero-order chi connectivity index (χ0) is 18.9. The van der Waals surface area contributed by atoms with Gasteiger partial charge in [-0.05, 0) is 60.8 Å². The fraction of sp³-hybridized carbons (Fsp3) is 0.481. The van der Waals surface area contributed by atoms with Gasteiger partial charge in [0.2, 0.25) is 0 Å².